The van der Waals surface area contributed by atoms with Gasteiger partial charge in [0.1, 0.15) is 5.75 Å². The Hall–Kier alpha value is -0.870. The van der Waals surface area contributed by atoms with E-state index in [9.17, 15) is 0 Å². The maximum Gasteiger partial charge on any atom is 0.222 e. The molecule has 18 heavy (non-hydrogen) atoms. The van der Waals surface area contributed by atoms with Crippen molar-refractivity contribution in [3.63, 3.8) is 0 Å². The van der Waals surface area contributed by atoms with Crippen LogP contribution in [-0.2, 0) is 0 Å². The Labute approximate surface area is 124 Å². The molecule has 1 aromatic carbocycles. The second kappa shape index (κ2) is 5.41. The SMILES string of the molecule is Cc1cc(Br)cnc1Oc1cc(C)c(Br)c(C)c1. The third-order valence-electron chi connectivity index (χ3n) is 2.62. The summed E-state index contributed by atoms with van der Waals surface area (Å²) in [7, 11) is 0. The Morgan fingerprint density at radius 1 is 0.944 bits per heavy atom. The van der Waals surface area contributed by atoms with Gasteiger partial charge >= 0.3 is 0 Å². The summed E-state index contributed by atoms with van der Waals surface area (Å²) in [5.74, 6) is 1.45. The molecular weight excluding hydrogens is 358 g/mol. The zero-order valence-corrected chi connectivity index (χ0v) is 13.6. The predicted molar refractivity (Wildman–Crippen MR) is 80.4 cm³/mol. The van der Waals surface area contributed by atoms with E-state index in [1.807, 2.05) is 39.0 Å². The van der Waals surface area contributed by atoms with E-state index in [2.05, 4.69) is 36.8 Å². The first-order chi connectivity index (χ1) is 8.47. The van der Waals surface area contributed by atoms with Crippen molar-refractivity contribution in [2.45, 2.75) is 20.8 Å². The van der Waals surface area contributed by atoms with Gasteiger partial charge in [-0.3, -0.25) is 0 Å². The summed E-state index contributed by atoms with van der Waals surface area (Å²) in [6.45, 7) is 6.07. The maximum atomic E-state index is 5.83. The van der Waals surface area contributed by atoms with Crippen molar-refractivity contribution in [3.8, 4) is 11.6 Å². The van der Waals surface area contributed by atoms with Crippen LogP contribution < -0.4 is 4.74 Å². The van der Waals surface area contributed by atoms with Crippen LogP contribution in [-0.4, -0.2) is 4.98 Å². The van der Waals surface area contributed by atoms with Crippen molar-refractivity contribution < 1.29 is 4.74 Å². The highest BCUT2D eigenvalue weighted by Crippen LogP contribution is 2.30. The predicted octanol–water partition coefficient (Wildman–Crippen LogP) is 5.32. The number of pyridine rings is 1. The largest absolute Gasteiger partial charge is 0.439 e. The summed E-state index contributed by atoms with van der Waals surface area (Å²) in [4.78, 5) is 4.27. The van der Waals surface area contributed by atoms with Crippen molar-refractivity contribution in [2.75, 3.05) is 0 Å². The monoisotopic (exact) mass is 369 g/mol. The van der Waals surface area contributed by atoms with E-state index in [4.69, 9.17) is 4.74 Å². The van der Waals surface area contributed by atoms with Crippen LogP contribution in [0.3, 0.4) is 0 Å². The molecule has 2 aromatic rings. The van der Waals surface area contributed by atoms with Gasteiger partial charge in [0.15, 0.2) is 0 Å². The normalized spacial score (nSPS) is 10.5. The number of hydrogen-bond donors (Lipinski definition) is 0. The Morgan fingerprint density at radius 2 is 1.56 bits per heavy atom. The molecule has 0 unspecified atom stereocenters. The van der Waals surface area contributed by atoms with E-state index < -0.39 is 0 Å². The molecule has 0 aliphatic carbocycles. The first-order valence-corrected chi connectivity index (χ1v) is 7.12. The Bertz CT molecular complexity index is 573. The van der Waals surface area contributed by atoms with E-state index in [-0.39, 0.29) is 0 Å². The molecule has 0 radical (unpaired) electrons. The molecule has 1 heterocycles. The van der Waals surface area contributed by atoms with Gasteiger partial charge < -0.3 is 4.74 Å². The molecule has 0 atom stereocenters. The average molecular weight is 371 g/mol. The summed E-state index contributed by atoms with van der Waals surface area (Å²) in [6.07, 6.45) is 1.74. The van der Waals surface area contributed by atoms with Crippen molar-refractivity contribution in [1.29, 1.82) is 0 Å². The standard InChI is InChI=1S/C14H13Br2NO/c1-8-5-12(6-9(2)13(8)16)18-14-10(3)4-11(15)7-17-14/h4-7H,1-3H3. The first-order valence-electron chi connectivity index (χ1n) is 5.54. The minimum atomic E-state index is 0.638. The molecule has 0 amide bonds. The zero-order chi connectivity index (χ0) is 13.3. The molecule has 2 nitrogen and oxygen atoms in total. The topological polar surface area (TPSA) is 22.1 Å². The molecule has 0 spiro atoms. The van der Waals surface area contributed by atoms with Crippen LogP contribution in [0.4, 0.5) is 0 Å². The van der Waals surface area contributed by atoms with Gasteiger partial charge in [0.25, 0.3) is 0 Å². The maximum absolute atomic E-state index is 5.83. The van der Waals surface area contributed by atoms with E-state index in [1.165, 1.54) is 0 Å². The Kier molecular flexibility index (Phi) is 4.07. The Morgan fingerprint density at radius 3 is 2.11 bits per heavy atom. The van der Waals surface area contributed by atoms with E-state index in [0.717, 1.165) is 31.4 Å². The smallest absolute Gasteiger partial charge is 0.222 e. The number of aryl methyl sites for hydroxylation is 3. The summed E-state index contributed by atoms with van der Waals surface area (Å²) < 4.78 is 7.90. The van der Waals surface area contributed by atoms with Gasteiger partial charge in [-0.25, -0.2) is 4.98 Å². The summed E-state index contributed by atoms with van der Waals surface area (Å²) in [5.41, 5.74) is 3.31. The summed E-state index contributed by atoms with van der Waals surface area (Å²) in [6, 6.07) is 5.99. The molecule has 0 aliphatic heterocycles. The minimum Gasteiger partial charge on any atom is -0.439 e. The fourth-order valence-corrected chi connectivity index (χ4v) is 2.39. The lowest BCUT2D eigenvalue weighted by atomic mass is 10.1. The summed E-state index contributed by atoms with van der Waals surface area (Å²) >= 11 is 6.94. The quantitative estimate of drug-likeness (QED) is 0.713. The van der Waals surface area contributed by atoms with Gasteiger partial charge in [-0.2, -0.15) is 0 Å². The molecule has 0 fully saturated rings. The third kappa shape index (κ3) is 2.93. The molecule has 0 saturated heterocycles. The fraction of sp³-hybridized carbons (Fsp3) is 0.214. The molecule has 0 aliphatic rings. The van der Waals surface area contributed by atoms with Crippen molar-refractivity contribution in [2.24, 2.45) is 0 Å². The van der Waals surface area contributed by atoms with E-state index in [1.54, 1.807) is 6.20 Å². The molecule has 1 aromatic heterocycles. The molecule has 2 rings (SSSR count). The third-order valence-corrected chi connectivity index (χ3v) is 4.31. The van der Waals surface area contributed by atoms with Crippen molar-refractivity contribution in [1.82, 2.24) is 4.98 Å². The molecular formula is C14H13Br2NO. The van der Waals surface area contributed by atoms with E-state index in [0.29, 0.717) is 5.88 Å². The highest BCUT2D eigenvalue weighted by molar-refractivity contribution is 9.10. The van der Waals surface area contributed by atoms with Gasteiger partial charge in [0, 0.05) is 20.7 Å². The number of benzene rings is 1. The second-order valence-electron chi connectivity index (χ2n) is 4.25. The van der Waals surface area contributed by atoms with Crippen LogP contribution in [0.25, 0.3) is 0 Å². The van der Waals surface area contributed by atoms with Crippen LogP contribution in [0.15, 0.2) is 33.3 Å². The number of halogens is 2. The molecule has 94 valence electrons. The lowest BCUT2D eigenvalue weighted by Gasteiger charge is -2.10. The van der Waals surface area contributed by atoms with Crippen LogP contribution >= 0.6 is 31.9 Å². The number of aromatic nitrogens is 1. The van der Waals surface area contributed by atoms with Crippen molar-refractivity contribution >= 4 is 31.9 Å². The van der Waals surface area contributed by atoms with Gasteiger partial charge in [-0.1, -0.05) is 15.9 Å². The highest BCUT2D eigenvalue weighted by Gasteiger charge is 2.07. The van der Waals surface area contributed by atoms with Crippen LogP contribution in [0.1, 0.15) is 16.7 Å². The molecule has 0 bridgehead atoms. The second-order valence-corrected chi connectivity index (χ2v) is 5.96. The minimum absolute atomic E-state index is 0.638. The lowest BCUT2D eigenvalue weighted by molar-refractivity contribution is 0.458. The number of rotatable bonds is 2. The number of nitrogens with zero attached hydrogens (tertiary/aromatic N) is 1. The van der Waals surface area contributed by atoms with Gasteiger partial charge in [0.2, 0.25) is 5.88 Å². The van der Waals surface area contributed by atoms with Crippen molar-refractivity contribution in [3.05, 3.63) is 50.0 Å². The molecule has 4 heteroatoms. The molecule has 0 N–H and O–H groups in total. The Balaban J connectivity index is 2.34. The number of ether oxygens (including phenoxy) is 1. The lowest BCUT2D eigenvalue weighted by Crippen LogP contribution is -1.93. The van der Waals surface area contributed by atoms with Crippen LogP contribution in [0.2, 0.25) is 0 Å². The highest BCUT2D eigenvalue weighted by atomic mass is 79.9. The van der Waals surface area contributed by atoms with E-state index >= 15 is 0 Å². The van der Waals surface area contributed by atoms with Crippen LogP contribution in [0.5, 0.6) is 11.6 Å². The fourth-order valence-electron chi connectivity index (χ4n) is 1.71. The summed E-state index contributed by atoms with van der Waals surface area (Å²) in [5, 5.41) is 0. The van der Waals surface area contributed by atoms with Gasteiger partial charge in [-0.15, -0.1) is 0 Å². The van der Waals surface area contributed by atoms with Gasteiger partial charge in [-0.05, 0) is 66.0 Å². The molecule has 0 saturated carbocycles. The first kappa shape index (κ1) is 13.6. The number of hydrogen-bond acceptors (Lipinski definition) is 2. The van der Waals surface area contributed by atoms with Crippen LogP contribution in [0, 0.1) is 20.8 Å². The average Bonchev–Trinajstić information content (AvgIpc) is 2.29. The van der Waals surface area contributed by atoms with Gasteiger partial charge in [0.05, 0.1) is 0 Å². The zero-order valence-electron chi connectivity index (χ0n) is 10.4.